The smallest absolute Gasteiger partial charge is 0.223 e. The fourth-order valence-electron chi connectivity index (χ4n) is 1.21. The number of amides is 1. The van der Waals surface area contributed by atoms with Gasteiger partial charge in [-0.15, -0.1) is 0 Å². The maximum Gasteiger partial charge on any atom is 0.223 e. The van der Waals surface area contributed by atoms with Crippen LogP contribution in [-0.4, -0.2) is 31.0 Å². The third kappa shape index (κ3) is 6.38. The van der Waals surface area contributed by atoms with Gasteiger partial charge in [0.05, 0.1) is 13.2 Å². The topological polar surface area (TPSA) is 38.3 Å². The second-order valence-corrected chi connectivity index (χ2v) is 3.90. The summed E-state index contributed by atoms with van der Waals surface area (Å²) < 4.78 is 5.22. The average Bonchev–Trinajstić information content (AvgIpc) is 2.19. The first-order chi connectivity index (χ1) is 6.76. The summed E-state index contributed by atoms with van der Waals surface area (Å²) >= 11 is 3.26. The van der Waals surface area contributed by atoms with Crippen molar-refractivity contribution in [3.63, 3.8) is 0 Å². The van der Waals surface area contributed by atoms with Gasteiger partial charge in [-0.3, -0.25) is 4.79 Å². The molecule has 4 heteroatoms. The fourth-order valence-corrected chi connectivity index (χ4v) is 1.44. The van der Waals surface area contributed by atoms with E-state index in [1.54, 1.807) is 0 Å². The van der Waals surface area contributed by atoms with Crippen LogP contribution >= 0.6 is 15.9 Å². The van der Waals surface area contributed by atoms with Gasteiger partial charge >= 0.3 is 0 Å². The van der Waals surface area contributed by atoms with Crippen LogP contribution in [0.1, 0.15) is 26.7 Å². The molecule has 0 aromatic carbocycles. The normalized spacial score (nSPS) is 10.6. The Balaban J connectivity index is 3.43. The summed E-state index contributed by atoms with van der Waals surface area (Å²) in [7, 11) is 0. The van der Waals surface area contributed by atoms with Crippen LogP contribution in [0, 0.1) is 5.92 Å². The van der Waals surface area contributed by atoms with Gasteiger partial charge in [-0.05, 0) is 12.8 Å². The van der Waals surface area contributed by atoms with Crippen molar-refractivity contribution >= 4 is 21.8 Å². The summed E-state index contributed by atoms with van der Waals surface area (Å²) in [5.41, 5.74) is 0. The van der Waals surface area contributed by atoms with Gasteiger partial charge in [0.25, 0.3) is 0 Å². The summed E-state index contributed by atoms with van der Waals surface area (Å²) in [5, 5.41) is 3.71. The molecule has 0 spiro atoms. The van der Waals surface area contributed by atoms with Crippen molar-refractivity contribution in [3.8, 4) is 0 Å². The molecule has 0 saturated heterocycles. The molecule has 0 radical (unpaired) electrons. The molecule has 1 N–H and O–H groups in total. The van der Waals surface area contributed by atoms with Crippen LogP contribution in [0.4, 0.5) is 0 Å². The maximum absolute atomic E-state index is 11.5. The van der Waals surface area contributed by atoms with Crippen LogP contribution in [0.2, 0.25) is 0 Å². The molecular weight excluding hydrogens is 246 g/mol. The number of alkyl halides is 1. The van der Waals surface area contributed by atoms with E-state index in [1.165, 1.54) is 0 Å². The van der Waals surface area contributed by atoms with Gasteiger partial charge in [0.2, 0.25) is 5.91 Å². The second kappa shape index (κ2) is 9.46. The van der Waals surface area contributed by atoms with Gasteiger partial charge in [-0.2, -0.15) is 0 Å². The van der Waals surface area contributed by atoms with Crippen LogP contribution < -0.4 is 5.32 Å². The molecule has 14 heavy (non-hydrogen) atoms. The minimum absolute atomic E-state index is 0.150. The molecule has 0 aromatic rings. The number of halogens is 1. The number of carbonyl (C=O) groups is 1. The van der Waals surface area contributed by atoms with Crippen LogP contribution in [-0.2, 0) is 9.53 Å². The van der Waals surface area contributed by atoms with Crippen molar-refractivity contribution < 1.29 is 9.53 Å². The van der Waals surface area contributed by atoms with Crippen molar-refractivity contribution in [2.45, 2.75) is 26.7 Å². The maximum atomic E-state index is 11.5. The number of hydrogen-bond acceptors (Lipinski definition) is 2. The number of rotatable bonds is 8. The van der Waals surface area contributed by atoms with Crippen LogP contribution in [0.15, 0.2) is 0 Å². The zero-order valence-corrected chi connectivity index (χ0v) is 10.6. The highest BCUT2D eigenvalue weighted by Gasteiger charge is 2.12. The van der Waals surface area contributed by atoms with Gasteiger partial charge in [0, 0.05) is 17.8 Å². The van der Waals surface area contributed by atoms with Crippen molar-refractivity contribution in [2.24, 2.45) is 5.92 Å². The number of carbonyl (C=O) groups excluding carboxylic acids is 1. The molecule has 84 valence electrons. The summed E-state index contributed by atoms with van der Waals surface area (Å²) in [5.74, 6) is 0.309. The molecule has 0 atom stereocenters. The molecule has 1 amide bonds. The van der Waals surface area contributed by atoms with E-state index in [1.807, 2.05) is 13.8 Å². The average molecular weight is 266 g/mol. The summed E-state index contributed by atoms with van der Waals surface area (Å²) in [4.78, 5) is 11.5. The van der Waals surface area contributed by atoms with Gasteiger partial charge in [-0.1, -0.05) is 29.8 Å². The molecule has 0 aliphatic carbocycles. The van der Waals surface area contributed by atoms with Crippen molar-refractivity contribution in [3.05, 3.63) is 0 Å². The number of hydrogen-bond donors (Lipinski definition) is 1. The van der Waals surface area contributed by atoms with Crippen molar-refractivity contribution in [1.82, 2.24) is 5.32 Å². The zero-order chi connectivity index (χ0) is 10.8. The summed E-state index contributed by atoms with van der Waals surface area (Å²) in [6, 6.07) is 0. The first-order valence-corrected chi connectivity index (χ1v) is 6.29. The lowest BCUT2D eigenvalue weighted by Gasteiger charge is -2.12. The van der Waals surface area contributed by atoms with E-state index < -0.39 is 0 Å². The molecule has 0 aliphatic rings. The lowest BCUT2D eigenvalue weighted by molar-refractivity contribution is -0.125. The first-order valence-electron chi connectivity index (χ1n) is 5.17. The molecular formula is C10H20BrNO2. The molecule has 0 rings (SSSR count). The highest BCUT2D eigenvalue weighted by atomic mass is 79.9. The Morgan fingerprint density at radius 1 is 1.36 bits per heavy atom. The highest BCUT2D eigenvalue weighted by Crippen LogP contribution is 2.06. The Labute approximate surface area is 94.7 Å². The van der Waals surface area contributed by atoms with E-state index in [-0.39, 0.29) is 11.8 Å². The van der Waals surface area contributed by atoms with Crippen LogP contribution in [0.5, 0.6) is 0 Å². The minimum atomic E-state index is 0.150. The Hall–Kier alpha value is -0.0900. The number of ether oxygens (including phenoxy) is 1. The molecule has 0 saturated carbocycles. The summed E-state index contributed by atoms with van der Waals surface area (Å²) in [6.07, 6.45) is 1.81. The van der Waals surface area contributed by atoms with Gasteiger partial charge in [0.15, 0.2) is 0 Å². The monoisotopic (exact) mass is 265 g/mol. The third-order valence-corrected chi connectivity index (χ3v) is 2.45. The number of nitrogens with one attached hydrogen (secondary N) is 1. The van der Waals surface area contributed by atoms with E-state index in [2.05, 4.69) is 21.2 Å². The molecule has 0 fully saturated rings. The molecule has 0 bridgehead atoms. The second-order valence-electron chi connectivity index (χ2n) is 3.11. The van der Waals surface area contributed by atoms with E-state index in [0.717, 1.165) is 18.2 Å². The van der Waals surface area contributed by atoms with E-state index in [4.69, 9.17) is 4.74 Å². The van der Waals surface area contributed by atoms with E-state index >= 15 is 0 Å². The summed E-state index contributed by atoms with van der Waals surface area (Å²) in [6.45, 7) is 5.98. The first kappa shape index (κ1) is 13.9. The van der Waals surface area contributed by atoms with Gasteiger partial charge in [0.1, 0.15) is 0 Å². The standard InChI is InChI=1S/C10H20BrNO2/c1-3-9(4-2)10(13)12-6-8-14-7-5-11/h9H,3-8H2,1-2H3,(H,12,13). The third-order valence-electron chi connectivity index (χ3n) is 2.12. The lowest BCUT2D eigenvalue weighted by atomic mass is 10.0. The highest BCUT2D eigenvalue weighted by molar-refractivity contribution is 9.09. The Kier molecular flexibility index (Phi) is 9.40. The molecule has 0 aliphatic heterocycles. The van der Waals surface area contributed by atoms with Gasteiger partial charge in [-0.25, -0.2) is 0 Å². The predicted molar refractivity (Wildman–Crippen MR) is 61.7 cm³/mol. The van der Waals surface area contributed by atoms with Crippen molar-refractivity contribution in [1.29, 1.82) is 0 Å². The van der Waals surface area contributed by atoms with Gasteiger partial charge < -0.3 is 10.1 Å². The van der Waals surface area contributed by atoms with E-state index in [0.29, 0.717) is 19.8 Å². The Bertz CT molecular complexity index is 149. The quantitative estimate of drug-likeness (QED) is 0.538. The fraction of sp³-hybridized carbons (Fsp3) is 0.900. The lowest BCUT2D eigenvalue weighted by Crippen LogP contribution is -2.32. The predicted octanol–water partition coefficient (Wildman–Crippen LogP) is 1.95. The zero-order valence-electron chi connectivity index (χ0n) is 9.01. The molecule has 0 heterocycles. The van der Waals surface area contributed by atoms with Crippen LogP contribution in [0.3, 0.4) is 0 Å². The minimum Gasteiger partial charge on any atom is -0.379 e. The van der Waals surface area contributed by atoms with Crippen LogP contribution in [0.25, 0.3) is 0 Å². The van der Waals surface area contributed by atoms with E-state index in [9.17, 15) is 4.79 Å². The largest absolute Gasteiger partial charge is 0.379 e. The Morgan fingerprint density at radius 2 is 2.00 bits per heavy atom. The molecule has 0 aromatic heterocycles. The SMILES string of the molecule is CCC(CC)C(=O)NCCOCCBr. The Morgan fingerprint density at radius 3 is 2.50 bits per heavy atom. The molecule has 0 unspecified atom stereocenters. The van der Waals surface area contributed by atoms with Crippen molar-refractivity contribution in [2.75, 3.05) is 25.1 Å². The molecule has 3 nitrogen and oxygen atoms in total.